The zero-order valence-corrected chi connectivity index (χ0v) is 6.16. The van der Waals surface area contributed by atoms with Crippen molar-refractivity contribution in [2.24, 2.45) is 0 Å². The van der Waals surface area contributed by atoms with Crippen LogP contribution in [0.1, 0.15) is 0 Å². The number of hydrogen-bond donors (Lipinski definition) is 0. The Bertz CT molecular complexity index is 360. The number of thiazole rings is 1. The summed E-state index contributed by atoms with van der Waals surface area (Å²) in [5.74, 6) is -1.66. The second kappa shape index (κ2) is 2.23. The van der Waals surface area contributed by atoms with E-state index >= 15 is 0 Å². The number of aromatic nitrogens is 1. The number of rotatable bonds is 0. The van der Waals surface area contributed by atoms with Crippen molar-refractivity contribution in [1.82, 2.24) is 4.98 Å². The molecule has 0 saturated carbocycles. The molecule has 0 saturated heterocycles. The number of nitrogens with zero attached hydrogens (tertiary/aromatic N) is 1. The van der Waals surface area contributed by atoms with Gasteiger partial charge in [0.15, 0.2) is 11.6 Å². The molecule has 1 heterocycles. The van der Waals surface area contributed by atoms with Crippen LogP contribution in [0.15, 0.2) is 17.6 Å². The van der Waals surface area contributed by atoms with Crippen LogP contribution in [0.5, 0.6) is 0 Å². The van der Waals surface area contributed by atoms with Gasteiger partial charge >= 0.3 is 0 Å². The van der Waals surface area contributed by atoms with Crippen molar-refractivity contribution >= 4 is 21.6 Å². The minimum Gasteiger partial charge on any atom is -0.245 e. The fourth-order valence-electron chi connectivity index (χ4n) is 0.853. The summed E-state index contributed by atoms with van der Waals surface area (Å²) in [6, 6.07) is 2.25. The van der Waals surface area contributed by atoms with Crippen molar-refractivity contribution in [3.63, 3.8) is 0 Å². The third-order valence-corrected chi connectivity index (χ3v) is 2.17. The lowest BCUT2D eigenvalue weighted by molar-refractivity contribution is 0.511. The predicted molar refractivity (Wildman–Crippen MR) is 39.5 cm³/mol. The third-order valence-electron chi connectivity index (χ3n) is 1.37. The second-order valence-corrected chi connectivity index (χ2v) is 2.97. The quantitative estimate of drug-likeness (QED) is 0.593. The van der Waals surface area contributed by atoms with Crippen LogP contribution in [0.25, 0.3) is 10.2 Å². The number of fused-ring (bicyclic) bond motifs is 1. The normalized spacial score (nSPS) is 10.7. The van der Waals surface area contributed by atoms with Gasteiger partial charge in [-0.1, -0.05) is 0 Å². The first-order chi connectivity index (χ1) is 5.27. The van der Waals surface area contributed by atoms with Gasteiger partial charge in [-0.05, 0) is 6.07 Å². The third kappa shape index (κ3) is 0.991. The van der Waals surface area contributed by atoms with Crippen LogP contribution in [-0.4, -0.2) is 4.98 Å². The fraction of sp³-hybridized carbons (Fsp3) is 0. The molecule has 0 radical (unpaired) electrons. The molecule has 11 heavy (non-hydrogen) atoms. The minimum atomic E-state index is -0.844. The smallest absolute Gasteiger partial charge is 0.161 e. The van der Waals surface area contributed by atoms with E-state index in [1.807, 2.05) is 0 Å². The Hall–Kier alpha value is -1.03. The lowest BCUT2D eigenvalue weighted by Crippen LogP contribution is -1.81. The summed E-state index contributed by atoms with van der Waals surface area (Å²) >= 11 is 1.29. The summed E-state index contributed by atoms with van der Waals surface area (Å²) in [4.78, 5) is 3.83. The van der Waals surface area contributed by atoms with Crippen molar-refractivity contribution in [1.29, 1.82) is 0 Å². The Kier molecular flexibility index (Phi) is 1.35. The molecule has 0 fully saturated rings. The molecule has 2 rings (SSSR count). The first-order valence-corrected chi connectivity index (χ1v) is 3.83. The highest BCUT2D eigenvalue weighted by molar-refractivity contribution is 7.16. The summed E-state index contributed by atoms with van der Waals surface area (Å²) in [7, 11) is 0. The van der Waals surface area contributed by atoms with Crippen molar-refractivity contribution in [3.8, 4) is 0 Å². The van der Waals surface area contributed by atoms with Gasteiger partial charge in [0.1, 0.15) is 0 Å². The molecule has 0 N–H and O–H groups in total. The van der Waals surface area contributed by atoms with E-state index in [0.717, 1.165) is 12.1 Å². The van der Waals surface area contributed by atoms with Gasteiger partial charge in [-0.3, -0.25) is 0 Å². The lowest BCUT2D eigenvalue weighted by Gasteiger charge is -1.90. The molecule has 2 aromatic rings. The first kappa shape index (κ1) is 6.67. The van der Waals surface area contributed by atoms with Gasteiger partial charge in [0.25, 0.3) is 0 Å². The molecule has 0 unspecified atom stereocenters. The minimum absolute atomic E-state index is 0.508. The maximum Gasteiger partial charge on any atom is 0.161 e. The highest BCUT2D eigenvalue weighted by Gasteiger charge is 2.04. The number of hydrogen-bond acceptors (Lipinski definition) is 2. The molecule has 1 aromatic carbocycles. The molecule has 1 nitrogen and oxygen atoms in total. The topological polar surface area (TPSA) is 12.9 Å². The van der Waals surface area contributed by atoms with Crippen molar-refractivity contribution < 1.29 is 8.78 Å². The van der Waals surface area contributed by atoms with Gasteiger partial charge in [0.05, 0.1) is 15.7 Å². The van der Waals surface area contributed by atoms with Crippen LogP contribution in [0.3, 0.4) is 0 Å². The van der Waals surface area contributed by atoms with E-state index in [9.17, 15) is 8.78 Å². The average Bonchev–Trinajstić information content (AvgIpc) is 2.36. The maximum absolute atomic E-state index is 12.5. The van der Waals surface area contributed by atoms with Crippen molar-refractivity contribution in [3.05, 3.63) is 29.3 Å². The average molecular weight is 171 g/mol. The highest BCUT2D eigenvalue weighted by atomic mass is 32.1. The summed E-state index contributed by atoms with van der Waals surface area (Å²) in [5.41, 5.74) is 2.07. The molecular weight excluding hydrogens is 168 g/mol. The lowest BCUT2D eigenvalue weighted by atomic mass is 10.3. The molecule has 0 aliphatic heterocycles. The molecule has 1 aromatic heterocycles. The summed E-state index contributed by atoms with van der Waals surface area (Å²) in [5, 5.41) is 0. The fourth-order valence-corrected chi connectivity index (χ4v) is 1.54. The van der Waals surface area contributed by atoms with Crippen LogP contribution in [0, 0.1) is 11.6 Å². The Morgan fingerprint density at radius 2 is 1.91 bits per heavy atom. The number of benzene rings is 1. The van der Waals surface area contributed by atoms with Crippen LogP contribution < -0.4 is 0 Å². The Morgan fingerprint density at radius 3 is 2.73 bits per heavy atom. The van der Waals surface area contributed by atoms with E-state index in [4.69, 9.17) is 0 Å². The summed E-state index contributed by atoms with van der Waals surface area (Å²) in [6.45, 7) is 0. The van der Waals surface area contributed by atoms with Gasteiger partial charge < -0.3 is 0 Å². The summed E-state index contributed by atoms with van der Waals surface area (Å²) in [6.07, 6.45) is 0. The van der Waals surface area contributed by atoms with Crippen LogP contribution in [-0.2, 0) is 0 Å². The predicted octanol–water partition coefficient (Wildman–Crippen LogP) is 2.57. The van der Waals surface area contributed by atoms with E-state index in [2.05, 4.69) is 4.98 Å². The maximum atomic E-state index is 12.5. The Balaban J connectivity index is 2.86. The van der Waals surface area contributed by atoms with Crippen LogP contribution >= 0.6 is 11.3 Å². The monoisotopic (exact) mass is 171 g/mol. The van der Waals surface area contributed by atoms with E-state index in [0.29, 0.717) is 10.2 Å². The molecule has 0 atom stereocenters. The zero-order chi connectivity index (χ0) is 7.84. The molecular formula is C7H3F2NS. The van der Waals surface area contributed by atoms with Gasteiger partial charge in [0.2, 0.25) is 0 Å². The van der Waals surface area contributed by atoms with E-state index in [-0.39, 0.29) is 0 Å². The number of halogens is 2. The molecule has 0 aliphatic rings. The van der Waals surface area contributed by atoms with Gasteiger partial charge in [0, 0.05) is 6.07 Å². The first-order valence-electron chi connectivity index (χ1n) is 2.95. The summed E-state index contributed by atoms with van der Waals surface area (Å²) < 4.78 is 25.7. The molecule has 0 amide bonds. The molecule has 56 valence electrons. The molecule has 0 spiro atoms. The second-order valence-electron chi connectivity index (χ2n) is 2.09. The standard InChI is InChI=1S/C7H3F2NS/c8-4-1-6-7(2-5(4)9)11-3-10-6/h1-3H. The molecule has 4 heteroatoms. The zero-order valence-electron chi connectivity index (χ0n) is 5.34. The van der Waals surface area contributed by atoms with Crippen LogP contribution in [0.4, 0.5) is 8.78 Å². The Labute approximate surface area is 65.3 Å². The SMILES string of the molecule is Fc1cc2ncsc2cc1F. The largest absolute Gasteiger partial charge is 0.245 e. The van der Waals surface area contributed by atoms with Gasteiger partial charge in [-0.25, -0.2) is 13.8 Å². The van der Waals surface area contributed by atoms with E-state index < -0.39 is 11.6 Å². The van der Waals surface area contributed by atoms with Gasteiger partial charge in [-0.2, -0.15) is 0 Å². The van der Waals surface area contributed by atoms with E-state index in [1.54, 1.807) is 5.51 Å². The van der Waals surface area contributed by atoms with Gasteiger partial charge in [-0.15, -0.1) is 11.3 Å². The van der Waals surface area contributed by atoms with E-state index in [1.165, 1.54) is 11.3 Å². The molecule has 0 aliphatic carbocycles. The van der Waals surface area contributed by atoms with Crippen LogP contribution in [0.2, 0.25) is 0 Å². The van der Waals surface area contributed by atoms with Crippen molar-refractivity contribution in [2.75, 3.05) is 0 Å². The highest BCUT2D eigenvalue weighted by Crippen LogP contribution is 2.20. The van der Waals surface area contributed by atoms with Crippen molar-refractivity contribution in [2.45, 2.75) is 0 Å². The molecule has 0 bridgehead atoms. The Morgan fingerprint density at radius 1 is 1.18 bits per heavy atom.